The van der Waals surface area contributed by atoms with E-state index in [1.165, 1.54) is 24.4 Å². The number of benzene rings is 1. The van der Waals surface area contributed by atoms with Crippen LogP contribution in [0.15, 0.2) is 30.5 Å². The Bertz CT molecular complexity index is 526. The minimum Gasteiger partial charge on any atom is -0.430 e. The van der Waals surface area contributed by atoms with Gasteiger partial charge < -0.3 is 4.74 Å². The molecule has 0 radical (unpaired) electrons. The summed E-state index contributed by atoms with van der Waals surface area (Å²) in [4.78, 5) is 3.73. The van der Waals surface area contributed by atoms with Gasteiger partial charge in [-0.1, -0.05) is 35.1 Å². The third-order valence-electron chi connectivity index (χ3n) is 1.85. The number of thiazole rings is 1. The fourth-order valence-electron chi connectivity index (χ4n) is 1.17. The topological polar surface area (TPSA) is 22.1 Å². The Kier molecular flexibility index (Phi) is 3.26. The molecule has 0 bridgehead atoms. The van der Waals surface area contributed by atoms with Gasteiger partial charge in [-0.2, -0.15) is 13.2 Å². The quantitative estimate of drug-likeness (QED) is 0.801. The van der Waals surface area contributed by atoms with E-state index in [2.05, 4.69) is 4.98 Å². The summed E-state index contributed by atoms with van der Waals surface area (Å²) >= 11 is 6.58. The van der Waals surface area contributed by atoms with Gasteiger partial charge in [-0.15, -0.1) is 0 Å². The van der Waals surface area contributed by atoms with Gasteiger partial charge in [0.2, 0.25) is 0 Å². The van der Waals surface area contributed by atoms with Crippen molar-refractivity contribution in [2.24, 2.45) is 0 Å². The van der Waals surface area contributed by atoms with Crippen LogP contribution in [-0.4, -0.2) is 4.98 Å². The molecular formula is C10H5ClF3NOS. The van der Waals surface area contributed by atoms with Crippen LogP contribution in [0.3, 0.4) is 0 Å². The largest absolute Gasteiger partial charge is 0.430 e. The van der Waals surface area contributed by atoms with Crippen LogP contribution in [0.2, 0.25) is 4.34 Å². The van der Waals surface area contributed by atoms with Crippen molar-refractivity contribution in [1.29, 1.82) is 0 Å². The highest BCUT2D eigenvalue weighted by atomic mass is 35.5. The molecule has 0 N–H and O–H groups in total. The Morgan fingerprint density at radius 1 is 1.24 bits per heavy atom. The number of hydrogen-bond donors (Lipinski definition) is 0. The lowest BCUT2D eigenvalue weighted by Gasteiger charge is -2.11. The van der Waals surface area contributed by atoms with E-state index in [0.29, 0.717) is 4.34 Å². The number of rotatable bonds is 2. The second-order valence-corrected chi connectivity index (χ2v) is 4.65. The molecule has 1 heterocycles. The molecule has 17 heavy (non-hydrogen) atoms. The summed E-state index contributed by atoms with van der Waals surface area (Å²) in [5.74, 6) is -0.286. The van der Waals surface area contributed by atoms with Crippen LogP contribution in [0.4, 0.5) is 13.2 Å². The zero-order valence-corrected chi connectivity index (χ0v) is 9.73. The third kappa shape index (κ3) is 2.89. The summed E-state index contributed by atoms with van der Waals surface area (Å²) in [6, 6.07) is 4.94. The molecule has 2 rings (SSSR count). The molecule has 0 aliphatic carbocycles. The molecule has 0 aliphatic heterocycles. The van der Waals surface area contributed by atoms with Crippen LogP contribution in [0.5, 0.6) is 10.9 Å². The summed E-state index contributed by atoms with van der Waals surface area (Å²) < 4.78 is 43.3. The fourth-order valence-corrected chi connectivity index (χ4v) is 1.93. The number of aromatic nitrogens is 1. The Morgan fingerprint density at radius 2 is 1.94 bits per heavy atom. The van der Waals surface area contributed by atoms with E-state index in [-0.39, 0.29) is 10.9 Å². The number of hydrogen-bond acceptors (Lipinski definition) is 3. The van der Waals surface area contributed by atoms with Crippen molar-refractivity contribution in [2.75, 3.05) is 0 Å². The van der Waals surface area contributed by atoms with Gasteiger partial charge in [0, 0.05) is 0 Å². The molecule has 90 valence electrons. The van der Waals surface area contributed by atoms with Crippen molar-refractivity contribution < 1.29 is 17.9 Å². The molecule has 1 aromatic carbocycles. The Hall–Kier alpha value is -1.27. The van der Waals surface area contributed by atoms with Crippen LogP contribution in [0.1, 0.15) is 5.56 Å². The van der Waals surface area contributed by atoms with E-state index in [1.54, 1.807) is 0 Å². The molecule has 1 aromatic heterocycles. The minimum absolute atomic E-state index is 0.0756. The smallest absolute Gasteiger partial charge is 0.419 e. The summed E-state index contributed by atoms with van der Waals surface area (Å²) in [7, 11) is 0. The first kappa shape index (κ1) is 12.2. The van der Waals surface area contributed by atoms with E-state index in [9.17, 15) is 13.2 Å². The predicted molar refractivity (Wildman–Crippen MR) is 58.6 cm³/mol. The highest BCUT2D eigenvalue weighted by Crippen LogP contribution is 2.38. The zero-order valence-electron chi connectivity index (χ0n) is 8.16. The average Bonchev–Trinajstić information content (AvgIpc) is 2.63. The summed E-state index contributed by atoms with van der Waals surface area (Å²) in [5, 5.41) is 0.0756. The second kappa shape index (κ2) is 4.54. The Morgan fingerprint density at radius 3 is 2.53 bits per heavy atom. The minimum atomic E-state index is -4.46. The van der Waals surface area contributed by atoms with Gasteiger partial charge in [0.1, 0.15) is 10.1 Å². The molecule has 7 heteroatoms. The predicted octanol–water partition coefficient (Wildman–Crippen LogP) is 4.61. The van der Waals surface area contributed by atoms with Gasteiger partial charge in [-0.25, -0.2) is 4.98 Å². The normalized spacial score (nSPS) is 11.5. The van der Waals surface area contributed by atoms with Gasteiger partial charge in [0.05, 0.1) is 11.8 Å². The van der Waals surface area contributed by atoms with Crippen molar-refractivity contribution in [3.05, 3.63) is 40.4 Å². The third-order valence-corrected chi connectivity index (χ3v) is 2.84. The Labute approximate surface area is 104 Å². The van der Waals surface area contributed by atoms with Gasteiger partial charge in [0.15, 0.2) is 0 Å². The second-order valence-electron chi connectivity index (χ2n) is 3.03. The van der Waals surface area contributed by atoms with Crippen LogP contribution >= 0.6 is 22.9 Å². The zero-order chi connectivity index (χ0) is 12.5. The first-order chi connectivity index (χ1) is 7.97. The van der Waals surface area contributed by atoms with Gasteiger partial charge in [-0.3, -0.25) is 0 Å². The number of ether oxygens (including phenoxy) is 1. The van der Waals surface area contributed by atoms with E-state index in [1.807, 2.05) is 0 Å². The first-order valence-electron chi connectivity index (χ1n) is 4.42. The van der Waals surface area contributed by atoms with Crippen molar-refractivity contribution in [1.82, 2.24) is 4.98 Å². The first-order valence-corrected chi connectivity index (χ1v) is 5.61. The fraction of sp³-hybridized carbons (Fsp3) is 0.100. The lowest BCUT2D eigenvalue weighted by molar-refractivity contribution is -0.138. The standard InChI is InChI=1S/C10H5ClF3NOS/c11-8-5-15-9(17-8)16-7-4-2-1-3-6(7)10(12,13)14/h1-5H. The molecule has 0 saturated carbocycles. The lowest BCUT2D eigenvalue weighted by atomic mass is 10.2. The van der Waals surface area contributed by atoms with Crippen molar-refractivity contribution in [3.63, 3.8) is 0 Å². The van der Waals surface area contributed by atoms with Crippen molar-refractivity contribution in [3.8, 4) is 10.9 Å². The van der Waals surface area contributed by atoms with Crippen LogP contribution in [0, 0.1) is 0 Å². The maximum absolute atomic E-state index is 12.6. The number of para-hydroxylation sites is 1. The van der Waals surface area contributed by atoms with E-state index >= 15 is 0 Å². The maximum atomic E-state index is 12.6. The van der Waals surface area contributed by atoms with Crippen molar-refractivity contribution in [2.45, 2.75) is 6.18 Å². The molecule has 0 unspecified atom stereocenters. The number of halogens is 4. The van der Waals surface area contributed by atoms with Crippen molar-refractivity contribution >= 4 is 22.9 Å². The summed E-state index contributed by atoms with van der Waals surface area (Å²) in [6.45, 7) is 0. The molecular weight excluding hydrogens is 275 g/mol. The average molecular weight is 280 g/mol. The van der Waals surface area contributed by atoms with Crippen LogP contribution in [-0.2, 0) is 6.18 Å². The van der Waals surface area contributed by atoms with Crippen LogP contribution < -0.4 is 4.74 Å². The Balaban J connectivity index is 2.33. The van der Waals surface area contributed by atoms with E-state index in [0.717, 1.165) is 17.4 Å². The van der Waals surface area contributed by atoms with Gasteiger partial charge in [-0.05, 0) is 12.1 Å². The molecule has 0 amide bonds. The monoisotopic (exact) mass is 279 g/mol. The van der Waals surface area contributed by atoms with E-state index in [4.69, 9.17) is 16.3 Å². The molecule has 0 fully saturated rings. The molecule has 0 spiro atoms. The lowest BCUT2D eigenvalue weighted by Crippen LogP contribution is -2.06. The summed E-state index contributed by atoms with van der Waals surface area (Å²) in [5.41, 5.74) is -0.841. The summed E-state index contributed by atoms with van der Waals surface area (Å²) in [6.07, 6.45) is -3.14. The molecule has 2 nitrogen and oxygen atoms in total. The van der Waals surface area contributed by atoms with Crippen LogP contribution in [0.25, 0.3) is 0 Å². The number of nitrogens with zero attached hydrogens (tertiary/aromatic N) is 1. The number of alkyl halides is 3. The van der Waals surface area contributed by atoms with E-state index < -0.39 is 11.7 Å². The highest BCUT2D eigenvalue weighted by Gasteiger charge is 2.34. The van der Waals surface area contributed by atoms with Gasteiger partial charge >= 0.3 is 6.18 Å². The molecule has 2 aromatic rings. The SMILES string of the molecule is FC(F)(F)c1ccccc1Oc1ncc(Cl)s1. The van der Waals surface area contributed by atoms with Gasteiger partial charge in [0.25, 0.3) is 5.19 Å². The highest BCUT2D eigenvalue weighted by molar-refractivity contribution is 7.17. The molecule has 0 aliphatic rings. The maximum Gasteiger partial charge on any atom is 0.419 e. The molecule has 0 saturated heterocycles. The molecule has 0 atom stereocenters.